The summed E-state index contributed by atoms with van der Waals surface area (Å²) in [5.74, 6) is -0.513. The molecule has 0 unspecified atom stereocenters. The fourth-order valence-corrected chi connectivity index (χ4v) is 3.63. The van der Waals surface area contributed by atoms with Gasteiger partial charge in [-0.25, -0.2) is 4.79 Å². The number of benzene rings is 1. The second-order valence-corrected chi connectivity index (χ2v) is 7.58. The van der Waals surface area contributed by atoms with Crippen LogP contribution >= 0.6 is 0 Å². The summed E-state index contributed by atoms with van der Waals surface area (Å²) < 4.78 is 15.3. The molecule has 0 aromatic heterocycles. The average Bonchev–Trinajstić information content (AvgIpc) is 2.88. The highest BCUT2D eigenvalue weighted by Crippen LogP contribution is 2.26. The minimum atomic E-state index is -0.984. The van der Waals surface area contributed by atoms with Gasteiger partial charge in [0.25, 0.3) is 5.91 Å². The fourth-order valence-electron chi connectivity index (χ4n) is 3.63. The van der Waals surface area contributed by atoms with Gasteiger partial charge in [0, 0.05) is 20.8 Å². The first-order valence-corrected chi connectivity index (χ1v) is 11.1. The van der Waals surface area contributed by atoms with Crippen LogP contribution < -0.4 is 5.32 Å². The second kappa shape index (κ2) is 15.5. The van der Waals surface area contributed by atoms with Crippen molar-refractivity contribution in [1.82, 2.24) is 5.32 Å². The van der Waals surface area contributed by atoms with Gasteiger partial charge in [0.2, 0.25) is 0 Å². The van der Waals surface area contributed by atoms with Crippen molar-refractivity contribution in [3.8, 4) is 0 Å². The Bertz CT molecular complexity index is 1100. The molecule has 1 aromatic carbocycles. The number of amides is 1. The van der Waals surface area contributed by atoms with Crippen molar-refractivity contribution in [3.63, 3.8) is 0 Å². The Balaban J connectivity index is 2.30. The van der Waals surface area contributed by atoms with Crippen molar-refractivity contribution in [2.45, 2.75) is 57.8 Å². The van der Waals surface area contributed by atoms with E-state index < -0.39 is 12.1 Å². The van der Waals surface area contributed by atoms with E-state index in [0.717, 1.165) is 6.26 Å². The van der Waals surface area contributed by atoms with E-state index in [1.54, 1.807) is 25.1 Å². The molecule has 1 aliphatic carbocycles. The summed E-state index contributed by atoms with van der Waals surface area (Å²) in [5, 5.41) is 13.4. The summed E-state index contributed by atoms with van der Waals surface area (Å²) in [6, 6.07) is 4.76. The number of rotatable bonds is 12. The van der Waals surface area contributed by atoms with E-state index in [0.29, 0.717) is 42.4 Å². The van der Waals surface area contributed by atoms with Crippen LogP contribution in [-0.4, -0.2) is 37.5 Å². The summed E-state index contributed by atoms with van der Waals surface area (Å²) >= 11 is 0. The molecule has 0 atom stereocenters. The zero-order valence-corrected chi connectivity index (χ0v) is 19.7. The van der Waals surface area contributed by atoms with Crippen LogP contribution in [-0.2, 0) is 32.1 Å². The molecule has 36 heavy (non-hydrogen) atoms. The molecule has 0 saturated heterocycles. The van der Waals surface area contributed by atoms with Gasteiger partial charge in [-0.3, -0.25) is 4.79 Å². The Morgan fingerprint density at radius 3 is 2.42 bits per heavy atom. The highest BCUT2D eigenvalue weighted by molar-refractivity contribution is 6.20. The number of nitrogens with zero attached hydrogens (tertiary/aromatic N) is 9. The normalized spacial score (nSPS) is 17.0. The number of azide groups is 3. The molecule has 1 aliphatic rings. The first-order chi connectivity index (χ1) is 17.5. The van der Waals surface area contributed by atoms with E-state index in [2.05, 4.69) is 35.4 Å². The van der Waals surface area contributed by atoms with Crippen LogP contribution in [0.4, 0.5) is 4.79 Å². The van der Waals surface area contributed by atoms with E-state index in [-0.39, 0.29) is 44.1 Å². The van der Waals surface area contributed by atoms with Crippen LogP contribution in [0.2, 0.25) is 0 Å². The van der Waals surface area contributed by atoms with Crippen molar-refractivity contribution < 1.29 is 23.8 Å². The number of hydrogen-bond donors (Lipinski definition) is 1. The molecule has 190 valence electrons. The summed E-state index contributed by atoms with van der Waals surface area (Å²) in [7, 11) is 0. The molecule has 2 rings (SSSR count). The monoisotopic (exact) mass is 498 g/mol. The Kier molecular flexibility index (Phi) is 12.0. The molecule has 0 radical (unpaired) electrons. The molecule has 1 saturated carbocycles. The largest absolute Gasteiger partial charge is 0.513 e. The highest BCUT2D eigenvalue weighted by atomic mass is 16.7. The van der Waals surface area contributed by atoms with Gasteiger partial charge >= 0.3 is 6.16 Å². The van der Waals surface area contributed by atoms with Crippen LogP contribution in [0, 0.1) is 0 Å². The van der Waals surface area contributed by atoms with E-state index in [1.165, 1.54) is 0 Å². The van der Waals surface area contributed by atoms with E-state index in [1.807, 2.05) is 0 Å². The van der Waals surface area contributed by atoms with Gasteiger partial charge in [-0.1, -0.05) is 33.5 Å². The molecule has 1 fully saturated rings. The molecular weight excluding hydrogens is 472 g/mol. The van der Waals surface area contributed by atoms with E-state index in [4.69, 9.17) is 30.8 Å². The van der Waals surface area contributed by atoms with Crippen LogP contribution in [0.5, 0.6) is 0 Å². The Morgan fingerprint density at radius 2 is 1.75 bits per heavy atom. The third kappa shape index (κ3) is 9.09. The summed E-state index contributed by atoms with van der Waals surface area (Å²) in [6.07, 6.45) is 2.51. The molecule has 1 amide bonds. The van der Waals surface area contributed by atoms with Gasteiger partial charge < -0.3 is 19.5 Å². The lowest BCUT2D eigenvalue weighted by atomic mass is 9.92. The third-order valence-corrected chi connectivity index (χ3v) is 5.31. The minimum Gasteiger partial charge on any atom is -0.434 e. The quantitative estimate of drug-likeness (QED) is 0.0976. The standard InChI is InChI=1S/C21H26N10O5/c1-2-34-21(33)35-12-19(18-9-14(10-25-29-22)3-4-15(18)11-26-30-23)20(32)28-16-5-7-17(8-6-16)36-13-27-31-24/h3-4,9,12,16-17H,2,5-8,10-11,13H2,1H3,(H,28,32)/b19-12+/t16-,17+. The molecule has 0 bridgehead atoms. The van der Waals surface area contributed by atoms with Gasteiger partial charge in [-0.2, -0.15) is 0 Å². The maximum Gasteiger partial charge on any atom is 0.513 e. The van der Waals surface area contributed by atoms with Gasteiger partial charge in [-0.05, 0) is 65.9 Å². The highest BCUT2D eigenvalue weighted by Gasteiger charge is 2.25. The zero-order valence-electron chi connectivity index (χ0n) is 19.7. The van der Waals surface area contributed by atoms with Gasteiger partial charge in [0.1, 0.15) is 13.0 Å². The van der Waals surface area contributed by atoms with Gasteiger partial charge in [-0.15, -0.1) is 0 Å². The molecule has 15 heteroatoms. The number of carbonyl (C=O) groups excluding carboxylic acids is 2. The summed E-state index contributed by atoms with van der Waals surface area (Å²) in [6.45, 7) is 1.62. The Hall–Kier alpha value is -4.41. The first kappa shape index (κ1) is 27.8. The zero-order chi connectivity index (χ0) is 26.2. The molecule has 0 spiro atoms. The van der Waals surface area contributed by atoms with Crippen LogP contribution in [0.15, 0.2) is 39.8 Å². The fraction of sp³-hybridized carbons (Fsp3) is 0.524. The lowest BCUT2D eigenvalue weighted by Gasteiger charge is -2.29. The topological polar surface area (TPSA) is 220 Å². The van der Waals surface area contributed by atoms with Crippen LogP contribution in [0.3, 0.4) is 0 Å². The smallest absolute Gasteiger partial charge is 0.434 e. The molecular formula is C21H26N10O5. The van der Waals surface area contributed by atoms with Crippen molar-refractivity contribution in [2.75, 3.05) is 13.3 Å². The SMILES string of the molecule is CCOC(=O)O/C=C(/C(=O)N[C@H]1CC[C@@H](OCN=[N+]=[N-])CC1)c1cc(CN=[N+]=[N-])ccc1CN=[N+]=[N-]. The Morgan fingerprint density at radius 1 is 1.06 bits per heavy atom. The predicted molar refractivity (Wildman–Crippen MR) is 128 cm³/mol. The second-order valence-electron chi connectivity index (χ2n) is 7.58. The summed E-state index contributed by atoms with van der Waals surface area (Å²) in [4.78, 5) is 33.3. The molecule has 15 nitrogen and oxygen atoms in total. The number of nitrogens with one attached hydrogen (secondary N) is 1. The number of hydrogen-bond acceptors (Lipinski definition) is 8. The van der Waals surface area contributed by atoms with Gasteiger partial charge in [0.05, 0.1) is 31.4 Å². The lowest BCUT2D eigenvalue weighted by Crippen LogP contribution is -2.39. The van der Waals surface area contributed by atoms with Crippen molar-refractivity contribution in [1.29, 1.82) is 0 Å². The molecule has 0 heterocycles. The summed E-state index contributed by atoms with van der Waals surface area (Å²) in [5.41, 5.74) is 27.2. The van der Waals surface area contributed by atoms with Crippen molar-refractivity contribution >= 4 is 17.6 Å². The van der Waals surface area contributed by atoms with Crippen LogP contribution in [0.25, 0.3) is 36.9 Å². The maximum atomic E-state index is 13.3. The predicted octanol–water partition coefficient (Wildman–Crippen LogP) is 5.53. The third-order valence-electron chi connectivity index (χ3n) is 5.31. The lowest BCUT2D eigenvalue weighted by molar-refractivity contribution is -0.116. The molecule has 0 aliphatic heterocycles. The maximum absolute atomic E-state index is 13.3. The average molecular weight is 499 g/mol. The van der Waals surface area contributed by atoms with E-state index >= 15 is 0 Å². The molecule has 1 N–H and O–H groups in total. The van der Waals surface area contributed by atoms with Crippen molar-refractivity contribution in [2.24, 2.45) is 15.3 Å². The minimum absolute atomic E-state index is 0.00992. The number of carbonyl (C=O) groups is 2. The van der Waals surface area contributed by atoms with E-state index in [9.17, 15) is 9.59 Å². The first-order valence-electron chi connectivity index (χ1n) is 11.1. The number of ether oxygens (including phenoxy) is 3. The Labute approximate surface area is 206 Å². The van der Waals surface area contributed by atoms with Crippen LogP contribution in [0.1, 0.15) is 49.3 Å². The van der Waals surface area contributed by atoms with Crippen molar-refractivity contribution in [3.05, 3.63) is 72.5 Å². The van der Waals surface area contributed by atoms with Gasteiger partial charge in [0.15, 0.2) is 0 Å². The molecule has 1 aromatic rings.